The Balaban J connectivity index is 1.45. The van der Waals surface area contributed by atoms with Gasteiger partial charge in [-0.25, -0.2) is 0 Å². The fourth-order valence-corrected chi connectivity index (χ4v) is 2.92. The summed E-state index contributed by atoms with van der Waals surface area (Å²) >= 11 is 0. The number of aryl methyl sites for hydroxylation is 1. The molecule has 2 fully saturated rings. The molecule has 0 bridgehead atoms. The molecule has 0 amide bonds. The molecule has 2 aliphatic rings. The highest BCUT2D eigenvalue weighted by Crippen LogP contribution is 2.33. The van der Waals surface area contributed by atoms with Crippen LogP contribution >= 0.6 is 0 Å². The summed E-state index contributed by atoms with van der Waals surface area (Å²) in [6, 6.07) is 11.4. The molecule has 102 valence electrons. The SMILES string of the molecule is c1ccc(CCCNC(=C2CC2)C2CCCN2)cc1. The van der Waals surface area contributed by atoms with E-state index in [4.69, 9.17) is 0 Å². The molecule has 0 aromatic heterocycles. The van der Waals surface area contributed by atoms with Crippen molar-refractivity contribution in [3.8, 4) is 0 Å². The average molecular weight is 256 g/mol. The van der Waals surface area contributed by atoms with Crippen LogP contribution in [0.1, 0.15) is 37.7 Å². The third kappa shape index (κ3) is 3.60. The highest BCUT2D eigenvalue weighted by Gasteiger charge is 2.25. The lowest BCUT2D eigenvalue weighted by Gasteiger charge is -2.17. The van der Waals surface area contributed by atoms with Gasteiger partial charge in [0, 0.05) is 18.3 Å². The molecule has 1 aromatic carbocycles. The predicted octanol–water partition coefficient (Wildman–Crippen LogP) is 3.01. The molecule has 1 unspecified atom stereocenters. The quantitative estimate of drug-likeness (QED) is 0.765. The van der Waals surface area contributed by atoms with Gasteiger partial charge in [0.1, 0.15) is 0 Å². The van der Waals surface area contributed by atoms with Crippen LogP contribution in [0, 0.1) is 0 Å². The van der Waals surface area contributed by atoms with Crippen LogP contribution < -0.4 is 10.6 Å². The number of rotatable bonds is 6. The van der Waals surface area contributed by atoms with E-state index in [0.717, 1.165) is 6.54 Å². The Morgan fingerprint density at radius 3 is 2.74 bits per heavy atom. The van der Waals surface area contributed by atoms with Crippen LogP contribution in [0.3, 0.4) is 0 Å². The van der Waals surface area contributed by atoms with E-state index in [9.17, 15) is 0 Å². The summed E-state index contributed by atoms with van der Waals surface area (Å²) in [5, 5.41) is 7.33. The van der Waals surface area contributed by atoms with Crippen molar-refractivity contribution in [3.63, 3.8) is 0 Å². The van der Waals surface area contributed by atoms with Gasteiger partial charge in [-0.2, -0.15) is 0 Å². The van der Waals surface area contributed by atoms with Gasteiger partial charge in [0.2, 0.25) is 0 Å². The first-order valence-electron chi connectivity index (χ1n) is 7.66. The molecule has 1 saturated carbocycles. The summed E-state index contributed by atoms with van der Waals surface area (Å²) in [4.78, 5) is 0. The van der Waals surface area contributed by atoms with E-state index in [2.05, 4.69) is 41.0 Å². The van der Waals surface area contributed by atoms with Gasteiger partial charge in [0.25, 0.3) is 0 Å². The van der Waals surface area contributed by atoms with Crippen LogP contribution in [0.5, 0.6) is 0 Å². The zero-order valence-electron chi connectivity index (χ0n) is 11.6. The van der Waals surface area contributed by atoms with Crippen LogP contribution in [0.4, 0.5) is 0 Å². The Labute approximate surface area is 116 Å². The van der Waals surface area contributed by atoms with Crippen LogP contribution in [-0.4, -0.2) is 19.1 Å². The number of benzene rings is 1. The molecule has 1 aromatic rings. The van der Waals surface area contributed by atoms with Gasteiger partial charge in [-0.1, -0.05) is 30.3 Å². The Morgan fingerprint density at radius 1 is 1.21 bits per heavy atom. The van der Waals surface area contributed by atoms with Crippen molar-refractivity contribution in [1.29, 1.82) is 0 Å². The minimum atomic E-state index is 0.620. The molecule has 0 radical (unpaired) electrons. The lowest BCUT2D eigenvalue weighted by atomic mass is 10.1. The van der Waals surface area contributed by atoms with Gasteiger partial charge in [-0.3, -0.25) is 0 Å². The van der Waals surface area contributed by atoms with Crippen molar-refractivity contribution >= 4 is 0 Å². The number of nitrogens with one attached hydrogen (secondary N) is 2. The largest absolute Gasteiger partial charge is 0.387 e. The normalized spacial score (nSPS) is 21.5. The Kier molecular flexibility index (Phi) is 4.19. The van der Waals surface area contributed by atoms with E-state index in [1.807, 2.05) is 0 Å². The maximum absolute atomic E-state index is 3.71. The minimum absolute atomic E-state index is 0.620. The second-order valence-corrected chi connectivity index (χ2v) is 5.68. The monoisotopic (exact) mass is 256 g/mol. The zero-order chi connectivity index (χ0) is 12.9. The first-order valence-corrected chi connectivity index (χ1v) is 7.66. The zero-order valence-corrected chi connectivity index (χ0v) is 11.6. The van der Waals surface area contributed by atoms with Crippen molar-refractivity contribution in [2.75, 3.05) is 13.1 Å². The molecule has 1 saturated heterocycles. The van der Waals surface area contributed by atoms with Gasteiger partial charge in [0.05, 0.1) is 0 Å². The van der Waals surface area contributed by atoms with E-state index in [1.165, 1.54) is 56.3 Å². The third-order valence-corrected chi connectivity index (χ3v) is 4.09. The molecule has 2 heteroatoms. The molecular formula is C17H24N2. The maximum atomic E-state index is 3.71. The van der Waals surface area contributed by atoms with Gasteiger partial charge >= 0.3 is 0 Å². The lowest BCUT2D eigenvalue weighted by Crippen LogP contribution is -2.32. The number of allylic oxidation sites excluding steroid dienone is 1. The molecular weight excluding hydrogens is 232 g/mol. The average Bonchev–Trinajstić information content (AvgIpc) is 3.14. The van der Waals surface area contributed by atoms with Crippen molar-refractivity contribution in [1.82, 2.24) is 10.6 Å². The summed E-state index contributed by atoms with van der Waals surface area (Å²) in [5.74, 6) is 0. The van der Waals surface area contributed by atoms with Crippen molar-refractivity contribution in [3.05, 3.63) is 47.2 Å². The van der Waals surface area contributed by atoms with Crippen LogP contribution in [0.15, 0.2) is 41.6 Å². The van der Waals surface area contributed by atoms with Gasteiger partial charge < -0.3 is 10.6 Å². The van der Waals surface area contributed by atoms with E-state index in [-0.39, 0.29) is 0 Å². The fraction of sp³-hybridized carbons (Fsp3) is 0.529. The predicted molar refractivity (Wildman–Crippen MR) is 80.1 cm³/mol. The van der Waals surface area contributed by atoms with Crippen molar-refractivity contribution in [2.24, 2.45) is 0 Å². The van der Waals surface area contributed by atoms with Crippen molar-refractivity contribution < 1.29 is 0 Å². The smallest absolute Gasteiger partial charge is 0.0469 e. The maximum Gasteiger partial charge on any atom is 0.0469 e. The van der Waals surface area contributed by atoms with E-state index in [1.54, 1.807) is 5.57 Å². The van der Waals surface area contributed by atoms with Crippen LogP contribution in [0.2, 0.25) is 0 Å². The standard InChI is InChI=1S/C17H24N2/c1-2-6-14(7-3-1)8-4-13-19-17(15-10-11-15)16-9-5-12-18-16/h1-3,6-7,16,18-19H,4-5,8-13H2. The molecule has 19 heavy (non-hydrogen) atoms. The second-order valence-electron chi connectivity index (χ2n) is 5.68. The van der Waals surface area contributed by atoms with Crippen LogP contribution in [-0.2, 0) is 6.42 Å². The molecule has 2 nitrogen and oxygen atoms in total. The fourth-order valence-electron chi connectivity index (χ4n) is 2.92. The van der Waals surface area contributed by atoms with E-state index < -0.39 is 0 Å². The molecule has 1 heterocycles. The first kappa shape index (κ1) is 12.7. The highest BCUT2D eigenvalue weighted by atomic mass is 15.0. The number of hydrogen-bond donors (Lipinski definition) is 2. The first-order chi connectivity index (χ1) is 9.43. The Bertz CT molecular complexity index is 424. The summed E-state index contributed by atoms with van der Waals surface area (Å²) < 4.78 is 0. The molecule has 1 aliphatic heterocycles. The molecule has 1 atom stereocenters. The lowest BCUT2D eigenvalue weighted by molar-refractivity contribution is 0.603. The molecule has 2 N–H and O–H groups in total. The van der Waals surface area contributed by atoms with E-state index in [0.29, 0.717) is 6.04 Å². The molecule has 1 aliphatic carbocycles. The molecule has 3 rings (SSSR count). The second kappa shape index (κ2) is 6.25. The minimum Gasteiger partial charge on any atom is -0.387 e. The number of hydrogen-bond acceptors (Lipinski definition) is 2. The Morgan fingerprint density at radius 2 is 2.05 bits per heavy atom. The molecule has 0 spiro atoms. The van der Waals surface area contributed by atoms with Gasteiger partial charge in [-0.05, 0) is 56.2 Å². The van der Waals surface area contributed by atoms with Crippen molar-refractivity contribution in [2.45, 2.75) is 44.6 Å². The summed E-state index contributed by atoms with van der Waals surface area (Å²) in [6.45, 7) is 2.29. The van der Waals surface area contributed by atoms with Gasteiger partial charge in [0.15, 0.2) is 0 Å². The highest BCUT2D eigenvalue weighted by molar-refractivity contribution is 5.28. The topological polar surface area (TPSA) is 24.1 Å². The summed E-state index contributed by atoms with van der Waals surface area (Å²) in [5.41, 5.74) is 4.65. The summed E-state index contributed by atoms with van der Waals surface area (Å²) in [6.07, 6.45) is 7.66. The Hall–Kier alpha value is -1.28. The van der Waals surface area contributed by atoms with Crippen LogP contribution in [0.25, 0.3) is 0 Å². The summed E-state index contributed by atoms with van der Waals surface area (Å²) in [7, 11) is 0. The van der Waals surface area contributed by atoms with Gasteiger partial charge in [-0.15, -0.1) is 0 Å². The third-order valence-electron chi connectivity index (χ3n) is 4.09. The van der Waals surface area contributed by atoms with E-state index >= 15 is 0 Å².